The van der Waals surface area contributed by atoms with Gasteiger partial charge in [-0.2, -0.15) is 0 Å². The lowest BCUT2D eigenvalue weighted by atomic mass is 10.1. The Bertz CT molecular complexity index is 2860. The van der Waals surface area contributed by atoms with Gasteiger partial charge in [-0.1, -0.05) is 42.5 Å². The van der Waals surface area contributed by atoms with Crippen molar-refractivity contribution in [3.8, 4) is 22.5 Å². The summed E-state index contributed by atoms with van der Waals surface area (Å²) < 4.78 is 46.3. The number of nitrogens with one attached hydrogen (secondary N) is 4. The standard InChI is InChI=1S/C45H51N9O10S/c1-25(62-3)38(50-44(57)58)42(55)52-19-9-13-34(52)40-46-23-32(48-40)27-15-17-30-31-18-16-28(22-37(31)54(36(30)21-27)65(60,61)29-11-7-6-8-12-29)33-24-47-41(49-33)35-14-10-20-53(35)43(56)39(26(2)63-4)51-45(59)64-5/h6-8,11-12,15-18,21-26,34-35,38-39,50H,9-10,13-14,19-20H2,1-5H3,(H,46,48)(H,47,49)(H,51,59)(H,57,58)/t25-,26?,34+,35+,38+,39+/m0/s1. The number of ether oxygens (including phenoxy) is 3. The van der Waals surface area contributed by atoms with Crippen molar-refractivity contribution in [1.29, 1.82) is 0 Å². The first-order chi connectivity index (χ1) is 31.2. The van der Waals surface area contributed by atoms with E-state index in [9.17, 15) is 32.7 Å². The van der Waals surface area contributed by atoms with Crippen molar-refractivity contribution in [2.75, 3.05) is 34.4 Å². The summed E-state index contributed by atoms with van der Waals surface area (Å²) in [6, 6.07) is 16.3. The number of carboxylic acid groups (broad SMARTS) is 1. The van der Waals surface area contributed by atoms with Crippen LogP contribution in [-0.2, 0) is 33.8 Å². The highest BCUT2D eigenvalue weighted by atomic mass is 32.2. The van der Waals surface area contributed by atoms with Gasteiger partial charge in [-0.3, -0.25) is 9.59 Å². The van der Waals surface area contributed by atoms with Gasteiger partial charge in [0.25, 0.3) is 10.0 Å². The van der Waals surface area contributed by atoms with Crippen LogP contribution >= 0.6 is 0 Å². The fourth-order valence-electron chi connectivity index (χ4n) is 8.92. The maximum Gasteiger partial charge on any atom is 0.407 e. The Morgan fingerprint density at radius 3 is 1.65 bits per heavy atom. The number of methoxy groups -OCH3 is 3. The Morgan fingerprint density at radius 1 is 0.723 bits per heavy atom. The lowest BCUT2D eigenvalue weighted by Crippen LogP contribution is -2.54. The number of aromatic amines is 2. The number of H-pyrrole nitrogens is 2. The molecule has 2 fully saturated rings. The van der Waals surface area contributed by atoms with Crippen LogP contribution in [0.25, 0.3) is 44.3 Å². The first-order valence-electron chi connectivity index (χ1n) is 21.3. The number of fused-ring (bicyclic) bond motifs is 3. The van der Waals surface area contributed by atoms with Crippen LogP contribution in [0, 0.1) is 0 Å². The number of imidazole rings is 2. The van der Waals surface area contributed by atoms with Gasteiger partial charge in [-0.15, -0.1) is 0 Å². The first kappa shape index (κ1) is 44.8. The predicted molar refractivity (Wildman–Crippen MR) is 238 cm³/mol. The van der Waals surface area contributed by atoms with Gasteiger partial charge in [0, 0.05) is 49.2 Å². The molecule has 3 aromatic heterocycles. The molecule has 0 bridgehead atoms. The van der Waals surface area contributed by atoms with Crippen LogP contribution in [-0.4, -0.2) is 130 Å². The minimum atomic E-state index is -4.18. The first-order valence-corrected chi connectivity index (χ1v) is 22.7. The zero-order chi connectivity index (χ0) is 46.2. The van der Waals surface area contributed by atoms with E-state index in [1.54, 1.807) is 78.5 Å². The number of benzene rings is 3. The molecule has 20 heteroatoms. The van der Waals surface area contributed by atoms with Crippen LogP contribution in [0.5, 0.6) is 0 Å². The summed E-state index contributed by atoms with van der Waals surface area (Å²) in [6.07, 6.45) is 2.49. The smallest absolute Gasteiger partial charge is 0.407 e. The highest BCUT2D eigenvalue weighted by Gasteiger charge is 2.40. The molecule has 0 aliphatic carbocycles. The van der Waals surface area contributed by atoms with Gasteiger partial charge in [-0.05, 0) is 63.8 Å². The maximum absolute atomic E-state index is 14.7. The molecule has 2 saturated heterocycles. The Labute approximate surface area is 374 Å². The molecular formula is C45H51N9O10S. The topological polar surface area (TPSA) is 243 Å². The average molecular weight is 910 g/mol. The number of alkyl carbamates (subject to hydrolysis) is 1. The van der Waals surface area contributed by atoms with E-state index in [2.05, 4.69) is 25.6 Å². The van der Waals surface area contributed by atoms with Crippen molar-refractivity contribution in [2.45, 2.75) is 80.8 Å². The molecule has 4 amide bonds. The van der Waals surface area contributed by atoms with Crippen molar-refractivity contribution in [1.82, 2.24) is 44.3 Å². The van der Waals surface area contributed by atoms with Gasteiger partial charge in [0.1, 0.15) is 23.7 Å². The molecule has 1 unspecified atom stereocenters. The molecule has 6 atom stereocenters. The molecule has 0 spiro atoms. The molecule has 6 aromatic rings. The van der Waals surface area contributed by atoms with E-state index in [1.165, 1.54) is 25.3 Å². The summed E-state index contributed by atoms with van der Waals surface area (Å²) in [4.78, 5) is 70.8. The second kappa shape index (κ2) is 18.4. The summed E-state index contributed by atoms with van der Waals surface area (Å²) >= 11 is 0. The molecule has 2 aliphatic heterocycles. The molecule has 2 aliphatic rings. The van der Waals surface area contributed by atoms with Crippen LogP contribution in [0.3, 0.4) is 0 Å². The zero-order valence-electron chi connectivity index (χ0n) is 36.5. The van der Waals surface area contributed by atoms with Gasteiger partial charge < -0.3 is 49.7 Å². The summed E-state index contributed by atoms with van der Waals surface area (Å²) in [5.41, 5.74) is 3.36. The van der Waals surface area contributed by atoms with Crippen LogP contribution in [0.4, 0.5) is 9.59 Å². The quantitative estimate of drug-likeness (QED) is 0.0901. The molecule has 342 valence electrons. The highest BCUT2D eigenvalue weighted by molar-refractivity contribution is 7.90. The Hall–Kier alpha value is -6.77. The van der Waals surface area contributed by atoms with E-state index in [0.717, 1.165) is 0 Å². The number of aromatic nitrogens is 5. The fourth-order valence-corrected chi connectivity index (χ4v) is 10.5. The number of amides is 4. The molecule has 8 rings (SSSR count). The van der Waals surface area contributed by atoms with Crippen LogP contribution < -0.4 is 10.6 Å². The number of nitrogens with zero attached hydrogens (tertiary/aromatic N) is 5. The Balaban J connectivity index is 1.15. The van der Waals surface area contributed by atoms with Crippen molar-refractivity contribution >= 4 is 55.8 Å². The number of hydrogen-bond donors (Lipinski definition) is 5. The van der Waals surface area contributed by atoms with E-state index in [1.807, 2.05) is 24.3 Å². The largest absolute Gasteiger partial charge is 0.465 e. The van der Waals surface area contributed by atoms with E-state index < -0.39 is 64.5 Å². The van der Waals surface area contributed by atoms with Crippen LogP contribution in [0.2, 0.25) is 0 Å². The molecule has 65 heavy (non-hydrogen) atoms. The molecule has 19 nitrogen and oxygen atoms in total. The Morgan fingerprint density at radius 2 is 1.20 bits per heavy atom. The molecule has 0 radical (unpaired) electrons. The summed E-state index contributed by atoms with van der Waals surface area (Å²) in [5, 5.41) is 15.7. The van der Waals surface area contributed by atoms with Gasteiger partial charge in [-0.25, -0.2) is 31.9 Å². The lowest BCUT2D eigenvalue weighted by molar-refractivity contribution is -0.138. The summed E-state index contributed by atoms with van der Waals surface area (Å²) in [7, 11) is -0.0819. The number of carbonyl (C=O) groups is 4. The normalized spacial score (nSPS) is 18.4. The summed E-state index contributed by atoms with van der Waals surface area (Å²) in [5.74, 6) is 0.301. The minimum Gasteiger partial charge on any atom is -0.465 e. The van der Waals surface area contributed by atoms with Gasteiger partial charge in [0.15, 0.2) is 0 Å². The minimum absolute atomic E-state index is 0.0977. The van der Waals surface area contributed by atoms with Crippen molar-refractivity contribution in [2.24, 2.45) is 0 Å². The highest BCUT2D eigenvalue weighted by Crippen LogP contribution is 2.39. The van der Waals surface area contributed by atoms with Crippen molar-refractivity contribution in [3.63, 3.8) is 0 Å². The van der Waals surface area contributed by atoms with Gasteiger partial charge in [0.05, 0.1) is 71.1 Å². The van der Waals surface area contributed by atoms with Gasteiger partial charge in [0.2, 0.25) is 11.8 Å². The molecule has 5 heterocycles. The third-order valence-corrected chi connectivity index (χ3v) is 14.2. The predicted octanol–water partition coefficient (Wildman–Crippen LogP) is 5.57. The molecule has 3 aromatic carbocycles. The molecular weight excluding hydrogens is 859 g/mol. The molecule has 0 saturated carbocycles. The average Bonchev–Trinajstić information content (AvgIpc) is 4.18. The maximum atomic E-state index is 14.7. The second-order valence-corrected chi connectivity index (χ2v) is 18.0. The monoisotopic (exact) mass is 909 g/mol. The van der Waals surface area contributed by atoms with Crippen molar-refractivity contribution < 1.29 is 46.9 Å². The third kappa shape index (κ3) is 8.51. The Kier molecular flexibility index (Phi) is 12.7. The SMILES string of the molecule is COC(=O)N[C@@H](C(=O)N1CCC[C@@H]1c1ncc(-c2ccc3c4ccc(-c5cnc([C@H]6CCCN6C(=O)[C@H](NC(=O)O)[C@H](C)OC)[nH]5)cc4n(S(=O)(=O)c4ccccc4)c3c2)[nH]1)C(C)OC. The van der Waals surface area contributed by atoms with Crippen LogP contribution in [0.15, 0.2) is 84.0 Å². The van der Waals surface area contributed by atoms with Gasteiger partial charge >= 0.3 is 12.2 Å². The number of hydrogen-bond acceptors (Lipinski definition) is 11. The number of carbonyl (C=O) groups excluding carboxylic acids is 3. The fraction of sp³-hybridized carbons (Fsp3) is 0.378. The van der Waals surface area contributed by atoms with E-state index in [0.29, 0.717) is 94.7 Å². The van der Waals surface area contributed by atoms with E-state index in [4.69, 9.17) is 19.2 Å². The number of likely N-dealkylation sites (tertiary alicyclic amines) is 2. The second-order valence-electron chi connectivity index (χ2n) is 16.2. The summed E-state index contributed by atoms with van der Waals surface area (Å²) in [6.45, 7) is 4.17. The lowest BCUT2D eigenvalue weighted by Gasteiger charge is -2.30. The van der Waals surface area contributed by atoms with E-state index >= 15 is 0 Å². The number of rotatable bonds is 14. The van der Waals surface area contributed by atoms with E-state index in [-0.39, 0.29) is 10.8 Å². The molecule has 5 N–H and O–H groups in total. The third-order valence-electron chi connectivity index (χ3n) is 12.5. The van der Waals surface area contributed by atoms with Crippen molar-refractivity contribution in [3.05, 3.63) is 90.8 Å². The zero-order valence-corrected chi connectivity index (χ0v) is 37.3. The van der Waals surface area contributed by atoms with Crippen LogP contribution in [0.1, 0.15) is 63.3 Å².